The second-order valence-electron chi connectivity index (χ2n) is 6.26. The normalized spacial score (nSPS) is 12.3. The quantitative estimate of drug-likeness (QED) is 0.676. The molecule has 0 unspecified atom stereocenters. The fourth-order valence-corrected chi connectivity index (χ4v) is 4.62. The molecule has 0 amide bonds. The molecule has 0 atom stereocenters. The largest absolute Gasteiger partial charge is 0.497 e. The Morgan fingerprint density at radius 1 is 0.926 bits per heavy atom. The molecule has 138 valence electrons. The van der Waals surface area contributed by atoms with Crippen LogP contribution in [0.3, 0.4) is 0 Å². The molecular formula is C22H21NO3S. The van der Waals surface area contributed by atoms with E-state index in [9.17, 15) is 5.11 Å². The Balaban J connectivity index is 1.87. The summed E-state index contributed by atoms with van der Waals surface area (Å²) in [4.78, 5) is 4.41. The summed E-state index contributed by atoms with van der Waals surface area (Å²) in [6.45, 7) is 0.669. The zero-order chi connectivity index (χ0) is 18.8. The molecule has 0 fully saturated rings. The average molecular weight is 379 g/mol. The van der Waals surface area contributed by atoms with Gasteiger partial charge in [-0.2, -0.15) is 0 Å². The lowest BCUT2D eigenvalue weighted by Gasteiger charge is -2.34. The first kappa shape index (κ1) is 17.8. The fourth-order valence-electron chi connectivity index (χ4n) is 3.37. The van der Waals surface area contributed by atoms with Gasteiger partial charge in [0.25, 0.3) is 0 Å². The summed E-state index contributed by atoms with van der Waals surface area (Å²) >= 11 is 1.65. The van der Waals surface area contributed by atoms with Crippen LogP contribution < -0.4 is 14.4 Å². The standard InChI is InChI=1S/C22H21NO3S/c1-25-16-8-9-18-21(12-16)27-22-17(14-24)20(26-2)11-10-19(22)23(18)13-15-6-4-3-5-7-15/h3-12,24H,13-14H2,1-2H3. The number of fused-ring (bicyclic) bond motifs is 2. The summed E-state index contributed by atoms with van der Waals surface area (Å²) in [6.07, 6.45) is 0. The van der Waals surface area contributed by atoms with Gasteiger partial charge in [-0.05, 0) is 35.9 Å². The number of aliphatic hydroxyl groups excluding tert-OH is 1. The topological polar surface area (TPSA) is 41.9 Å². The molecule has 4 rings (SSSR count). The van der Waals surface area contributed by atoms with E-state index in [-0.39, 0.29) is 6.61 Å². The molecule has 5 heteroatoms. The van der Waals surface area contributed by atoms with Crippen LogP contribution in [0.2, 0.25) is 0 Å². The Morgan fingerprint density at radius 3 is 2.41 bits per heavy atom. The number of hydrogen-bond donors (Lipinski definition) is 1. The highest BCUT2D eigenvalue weighted by Gasteiger charge is 2.27. The molecule has 0 saturated heterocycles. The summed E-state index contributed by atoms with van der Waals surface area (Å²) < 4.78 is 10.9. The number of nitrogens with zero attached hydrogens (tertiary/aromatic N) is 1. The SMILES string of the molecule is COc1ccc2c(c1)Sc1c(ccc(OC)c1CO)N2Cc1ccccc1. The van der Waals surface area contributed by atoms with Gasteiger partial charge in [0.05, 0.1) is 32.2 Å². The predicted molar refractivity (Wildman–Crippen MR) is 108 cm³/mol. The second-order valence-corrected chi connectivity index (χ2v) is 7.31. The Kier molecular flexibility index (Phi) is 4.97. The maximum atomic E-state index is 9.99. The molecule has 4 nitrogen and oxygen atoms in total. The van der Waals surface area contributed by atoms with Crippen molar-refractivity contribution in [2.24, 2.45) is 0 Å². The lowest BCUT2D eigenvalue weighted by atomic mass is 10.1. The Bertz CT molecular complexity index is 959. The summed E-state index contributed by atoms with van der Waals surface area (Å²) in [5, 5.41) is 9.99. The molecule has 1 aliphatic rings. The van der Waals surface area contributed by atoms with Crippen LogP contribution in [0.15, 0.2) is 70.5 Å². The summed E-state index contributed by atoms with van der Waals surface area (Å²) in [5.41, 5.74) is 4.24. The van der Waals surface area contributed by atoms with Gasteiger partial charge in [0.15, 0.2) is 0 Å². The highest BCUT2D eigenvalue weighted by atomic mass is 32.2. The van der Waals surface area contributed by atoms with Gasteiger partial charge in [-0.25, -0.2) is 0 Å². The number of rotatable bonds is 5. The maximum Gasteiger partial charge on any atom is 0.125 e. The number of benzene rings is 3. The molecule has 0 aliphatic carbocycles. The minimum absolute atomic E-state index is 0.0716. The third-order valence-electron chi connectivity index (χ3n) is 4.72. The van der Waals surface area contributed by atoms with Crippen LogP contribution in [-0.4, -0.2) is 19.3 Å². The molecule has 0 spiro atoms. The van der Waals surface area contributed by atoms with E-state index in [0.29, 0.717) is 5.75 Å². The third kappa shape index (κ3) is 3.24. The minimum atomic E-state index is -0.0716. The van der Waals surface area contributed by atoms with Crippen LogP contribution in [0.1, 0.15) is 11.1 Å². The molecule has 3 aromatic carbocycles. The summed E-state index contributed by atoms with van der Waals surface area (Å²) in [7, 11) is 3.31. The van der Waals surface area contributed by atoms with E-state index in [2.05, 4.69) is 41.3 Å². The molecule has 1 N–H and O–H groups in total. The third-order valence-corrected chi connectivity index (χ3v) is 5.93. The van der Waals surface area contributed by atoms with Crippen molar-refractivity contribution >= 4 is 23.1 Å². The number of ether oxygens (including phenoxy) is 2. The molecule has 0 saturated carbocycles. The minimum Gasteiger partial charge on any atom is -0.497 e. The highest BCUT2D eigenvalue weighted by Crippen LogP contribution is 2.52. The van der Waals surface area contributed by atoms with E-state index >= 15 is 0 Å². The monoisotopic (exact) mass is 379 g/mol. The Labute approximate surface area is 163 Å². The molecule has 27 heavy (non-hydrogen) atoms. The van der Waals surface area contributed by atoms with Crippen LogP contribution in [-0.2, 0) is 13.2 Å². The van der Waals surface area contributed by atoms with Crippen molar-refractivity contribution in [3.05, 3.63) is 71.8 Å². The Hall–Kier alpha value is -2.63. The van der Waals surface area contributed by atoms with Crippen LogP contribution in [0.4, 0.5) is 11.4 Å². The summed E-state index contributed by atoms with van der Waals surface area (Å²) in [6, 6.07) is 20.5. The average Bonchev–Trinajstić information content (AvgIpc) is 2.72. The van der Waals surface area contributed by atoms with Gasteiger partial charge in [0, 0.05) is 21.9 Å². The van der Waals surface area contributed by atoms with Gasteiger partial charge in [-0.15, -0.1) is 0 Å². The second kappa shape index (κ2) is 7.55. The summed E-state index contributed by atoms with van der Waals surface area (Å²) in [5.74, 6) is 1.52. The van der Waals surface area contributed by atoms with Gasteiger partial charge in [0.2, 0.25) is 0 Å². The molecule has 1 aliphatic heterocycles. The van der Waals surface area contributed by atoms with Crippen LogP contribution in [0.25, 0.3) is 0 Å². The lowest BCUT2D eigenvalue weighted by Crippen LogP contribution is -2.21. The first-order valence-corrected chi connectivity index (χ1v) is 9.55. The van der Waals surface area contributed by atoms with E-state index < -0.39 is 0 Å². The molecular weight excluding hydrogens is 358 g/mol. The number of hydrogen-bond acceptors (Lipinski definition) is 5. The molecule has 0 bridgehead atoms. The van der Waals surface area contributed by atoms with E-state index in [1.54, 1.807) is 26.0 Å². The first-order valence-electron chi connectivity index (χ1n) is 8.73. The van der Waals surface area contributed by atoms with Gasteiger partial charge in [-0.3, -0.25) is 0 Å². The molecule has 0 radical (unpaired) electrons. The number of anilines is 2. The molecule has 0 aromatic heterocycles. The molecule has 1 heterocycles. The van der Waals surface area contributed by atoms with Crippen LogP contribution in [0.5, 0.6) is 11.5 Å². The lowest BCUT2D eigenvalue weighted by molar-refractivity contribution is 0.270. The number of aliphatic hydroxyl groups is 1. The maximum absolute atomic E-state index is 9.99. The van der Waals surface area contributed by atoms with Crippen molar-refractivity contribution in [3.63, 3.8) is 0 Å². The van der Waals surface area contributed by atoms with Gasteiger partial charge < -0.3 is 19.5 Å². The van der Waals surface area contributed by atoms with Crippen LogP contribution >= 0.6 is 11.8 Å². The van der Waals surface area contributed by atoms with Gasteiger partial charge >= 0.3 is 0 Å². The highest BCUT2D eigenvalue weighted by molar-refractivity contribution is 7.99. The van der Waals surface area contributed by atoms with Crippen molar-refractivity contribution < 1.29 is 14.6 Å². The zero-order valence-electron chi connectivity index (χ0n) is 15.3. The van der Waals surface area contributed by atoms with Crippen molar-refractivity contribution in [1.82, 2.24) is 0 Å². The van der Waals surface area contributed by atoms with Crippen molar-refractivity contribution in [2.75, 3.05) is 19.1 Å². The van der Waals surface area contributed by atoms with Crippen molar-refractivity contribution in [3.8, 4) is 11.5 Å². The Morgan fingerprint density at radius 2 is 1.70 bits per heavy atom. The molecule has 3 aromatic rings. The fraction of sp³-hybridized carbons (Fsp3) is 0.182. The number of methoxy groups -OCH3 is 2. The zero-order valence-corrected chi connectivity index (χ0v) is 16.1. The van der Waals surface area contributed by atoms with Crippen molar-refractivity contribution in [2.45, 2.75) is 22.9 Å². The van der Waals surface area contributed by atoms with Gasteiger partial charge in [-0.1, -0.05) is 42.1 Å². The van der Waals surface area contributed by atoms with Crippen molar-refractivity contribution in [1.29, 1.82) is 0 Å². The van der Waals surface area contributed by atoms with E-state index in [1.807, 2.05) is 24.3 Å². The predicted octanol–water partition coefficient (Wildman–Crippen LogP) is 5.00. The van der Waals surface area contributed by atoms with E-state index in [0.717, 1.165) is 39.0 Å². The first-order chi connectivity index (χ1) is 13.2. The van der Waals surface area contributed by atoms with Gasteiger partial charge in [0.1, 0.15) is 11.5 Å². The smallest absolute Gasteiger partial charge is 0.125 e. The van der Waals surface area contributed by atoms with E-state index in [4.69, 9.17) is 9.47 Å². The van der Waals surface area contributed by atoms with Crippen LogP contribution in [0, 0.1) is 0 Å². The van der Waals surface area contributed by atoms with E-state index in [1.165, 1.54) is 5.56 Å².